The van der Waals surface area contributed by atoms with Crippen LogP contribution in [0, 0.1) is 11.3 Å². The number of carbonyl (C=O) groups is 1. The second-order valence-electron chi connectivity index (χ2n) is 3.39. The maximum Gasteiger partial charge on any atom is 0.356 e. The molecule has 1 aromatic rings. The highest BCUT2D eigenvalue weighted by molar-refractivity contribution is 5.85. The van der Waals surface area contributed by atoms with Crippen molar-refractivity contribution in [1.82, 2.24) is 9.97 Å². The van der Waals surface area contributed by atoms with Gasteiger partial charge in [-0.15, -0.1) is 0 Å². The van der Waals surface area contributed by atoms with Crippen molar-refractivity contribution in [2.24, 2.45) is 0 Å². The summed E-state index contributed by atoms with van der Waals surface area (Å²) >= 11 is 0. The van der Waals surface area contributed by atoms with Gasteiger partial charge in [-0.25, -0.2) is 9.78 Å². The van der Waals surface area contributed by atoms with E-state index in [1.807, 2.05) is 13.0 Å². The van der Waals surface area contributed by atoms with Crippen molar-refractivity contribution < 1.29 is 9.90 Å². The van der Waals surface area contributed by atoms with Gasteiger partial charge in [-0.3, -0.25) is 4.98 Å². The van der Waals surface area contributed by atoms with Crippen molar-refractivity contribution in [3.05, 3.63) is 18.1 Å². The number of rotatable bonds is 4. The summed E-state index contributed by atoms with van der Waals surface area (Å²) in [4.78, 5) is 20.2. The van der Waals surface area contributed by atoms with Crippen LogP contribution in [0.5, 0.6) is 0 Å². The zero-order valence-corrected chi connectivity index (χ0v) is 9.08. The fourth-order valence-electron chi connectivity index (χ4n) is 1.12. The molecule has 0 saturated heterocycles. The summed E-state index contributed by atoms with van der Waals surface area (Å²) in [5, 5.41) is 17.3. The zero-order chi connectivity index (χ0) is 12.1. The molecule has 0 amide bonds. The molecule has 0 bridgehead atoms. The minimum atomic E-state index is -1.12. The standard InChI is InChI=1S/C10H12N4O2/c1-7(3-4-11)14(2)9-6-12-5-8(13-9)10(15)16/h5-7H,3H2,1-2H3,(H,15,16). The number of anilines is 1. The number of hydrogen-bond acceptors (Lipinski definition) is 5. The summed E-state index contributed by atoms with van der Waals surface area (Å²) < 4.78 is 0. The molecule has 0 aromatic carbocycles. The van der Waals surface area contributed by atoms with Crippen LogP contribution in [0.15, 0.2) is 12.4 Å². The second-order valence-corrected chi connectivity index (χ2v) is 3.39. The number of aromatic nitrogens is 2. The fraction of sp³-hybridized carbons (Fsp3) is 0.400. The van der Waals surface area contributed by atoms with Crippen LogP contribution in [-0.2, 0) is 0 Å². The van der Waals surface area contributed by atoms with Crippen LogP contribution in [0.2, 0.25) is 0 Å². The molecule has 1 N–H and O–H groups in total. The van der Waals surface area contributed by atoms with Gasteiger partial charge in [-0.2, -0.15) is 5.26 Å². The van der Waals surface area contributed by atoms with Crippen molar-refractivity contribution in [1.29, 1.82) is 5.26 Å². The molecule has 0 aliphatic carbocycles. The van der Waals surface area contributed by atoms with Crippen LogP contribution in [0.3, 0.4) is 0 Å². The molecule has 1 aromatic heterocycles. The molecule has 1 heterocycles. The monoisotopic (exact) mass is 220 g/mol. The van der Waals surface area contributed by atoms with E-state index >= 15 is 0 Å². The Kier molecular flexibility index (Phi) is 3.78. The van der Waals surface area contributed by atoms with Crippen molar-refractivity contribution in [2.45, 2.75) is 19.4 Å². The predicted octanol–water partition coefficient (Wildman–Crippen LogP) is 0.913. The number of aromatic carboxylic acids is 1. The van der Waals surface area contributed by atoms with Crippen LogP contribution in [-0.4, -0.2) is 34.1 Å². The van der Waals surface area contributed by atoms with Gasteiger partial charge in [0.05, 0.1) is 24.9 Å². The summed E-state index contributed by atoms with van der Waals surface area (Å²) in [6.07, 6.45) is 3.00. The van der Waals surface area contributed by atoms with Gasteiger partial charge < -0.3 is 10.0 Å². The van der Waals surface area contributed by atoms with Gasteiger partial charge in [0, 0.05) is 13.1 Å². The Morgan fingerprint density at radius 2 is 2.38 bits per heavy atom. The van der Waals surface area contributed by atoms with E-state index in [9.17, 15) is 4.79 Å². The van der Waals surface area contributed by atoms with E-state index in [1.54, 1.807) is 11.9 Å². The number of nitrogens with zero attached hydrogens (tertiary/aromatic N) is 4. The average molecular weight is 220 g/mol. The predicted molar refractivity (Wildman–Crippen MR) is 57.1 cm³/mol. The van der Waals surface area contributed by atoms with E-state index in [1.165, 1.54) is 12.4 Å². The first-order valence-corrected chi connectivity index (χ1v) is 4.71. The van der Waals surface area contributed by atoms with Crippen LogP contribution < -0.4 is 4.90 Å². The van der Waals surface area contributed by atoms with Gasteiger partial charge in [0.1, 0.15) is 5.82 Å². The molecule has 1 atom stereocenters. The Balaban J connectivity index is 2.92. The van der Waals surface area contributed by atoms with E-state index in [0.717, 1.165) is 0 Å². The first-order valence-electron chi connectivity index (χ1n) is 4.71. The molecule has 6 nitrogen and oxygen atoms in total. The number of nitriles is 1. The highest BCUT2D eigenvalue weighted by Gasteiger charge is 2.13. The van der Waals surface area contributed by atoms with Gasteiger partial charge in [0.2, 0.25) is 0 Å². The van der Waals surface area contributed by atoms with E-state index in [-0.39, 0.29) is 11.7 Å². The van der Waals surface area contributed by atoms with Gasteiger partial charge in [-0.05, 0) is 6.92 Å². The number of carboxylic acids is 1. The number of carboxylic acid groups (broad SMARTS) is 1. The Bertz CT molecular complexity index is 427. The van der Waals surface area contributed by atoms with Crippen LogP contribution >= 0.6 is 0 Å². The van der Waals surface area contributed by atoms with Crippen LogP contribution in [0.1, 0.15) is 23.8 Å². The summed E-state index contributed by atoms with van der Waals surface area (Å²) in [5.74, 6) is -0.668. The molecule has 16 heavy (non-hydrogen) atoms. The Morgan fingerprint density at radius 3 is 2.94 bits per heavy atom. The summed E-state index contributed by atoms with van der Waals surface area (Å²) in [7, 11) is 1.75. The molecule has 0 aliphatic rings. The lowest BCUT2D eigenvalue weighted by molar-refractivity contribution is 0.0690. The van der Waals surface area contributed by atoms with Crippen molar-refractivity contribution in [3.63, 3.8) is 0 Å². The van der Waals surface area contributed by atoms with Gasteiger partial charge in [-0.1, -0.05) is 0 Å². The molecule has 0 fully saturated rings. The molecule has 1 unspecified atom stereocenters. The second kappa shape index (κ2) is 5.07. The Labute approximate surface area is 93.2 Å². The van der Waals surface area contributed by atoms with E-state index in [2.05, 4.69) is 9.97 Å². The lowest BCUT2D eigenvalue weighted by Gasteiger charge is -2.23. The van der Waals surface area contributed by atoms with Gasteiger partial charge in [0.15, 0.2) is 5.69 Å². The lowest BCUT2D eigenvalue weighted by atomic mass is 10.2. The molecular formula is C10H12N4O2. The SMILES string of the molecule is CC(CC#N)N(C)c1cncc(C(=O)O)n1. The molecule has 0 saturated carbocycles. The number of hydrogen-bond donors (Lipinski definition) is 1. The van der Waals surface area contributed by atoms with Crippen LogP contribution in [0.4, 0.5) is 5.82 Å². The van der Waals surface area contributed by atoms with Crippen molar-refractivity contribution >= 4 is 11.8 Å². The van der Waals surface area contributed by atoms with Crippen LogP contribution in [0.25, 0.3) is 0 Å². The summed E-state index contributed by atoms with van der Waals surface area (Å²) in [5.41, 5.74) is -0.103. The minimum absolute atomic E-state index is 0.0386. The molecule has 6 heteroatoms. The Hall–Kier alpha value is -2.16. The van der Waals surface area contributed by atoms with Gasteiger partial charge in [0.25, 0.3) is 0 Å². The zero-order valence-electron chi connectivity index (χ0n) is 9.08. The fourth-order valence-corrected chi connectivity index (χ4v) is 1.12. The molecule has 0 aliphatic heterocycles. The highest BCUT2D eigenvalue weighted by atomic mass is 16.4. The van der Waals surface area contributed by atoms with E-state index in [4.69, 9.17) is 10.4 Å². The summed E-state index contributed by atoms with van der Waals surface area (Å²) in [6, 6.07) is 2.01. The first-order chi connectivity index (χ1) is 7.56. The summed E-state index contributed by atoms with van der Waals surface area (Å²) in [6.45, 7) is 1.86. The third-order valence-corrected chi connectivity index (χ3v) is 2.25. The topological polar surface area (TPSA) is 90.1 Å². The van der Waals surface area contributed by atoms with E-state index < -0.39 is 5.97 Å². The first kappa shape index (κ1) is 11.9. The maximum atomic E-state index is 10.7. The minimum Gasteiger partial charge on any atom is -0.476 e. The normalized spacial score (nSPS) is 11.6. The molecule has 0 spiro atoms. The molecule has 0 radical (unpaired) electrons. The van der Waals surface area contributed by atoms with Gasteiger partial charge >= 0.3 is 5.97 Å². The quantitative estimate of drug-likeness (QED) is 0.811. The third kappa shape index (κ3) is 2.67. The van der Waals surface area contributed by atoms with Crippen molar-refractivity contribution in [3.8, 4) is 6.07 Å². The highest BCUT2D eigenvalue weighted by Crippen LogP contribution is 2.12. The molecular weight excluding hydrogens is 208 g/mol. The molecule has 84 valence electrons. The average Bonchev–Trinajstić information content (AvgIpc) is 2.28. The van der Waals surface area contributed by atoms with E-state index in [0.29, 0.717) is 12.2 Å². The lowest BCUT2D eigenvalue weighted by Crippen LogP contribution is -2.29. The largest absolute Gasteiger partial charge is 0.476 e. The van der Waals surface area contributed by atoms with Crippen molar-refractivity contribution in [2.75, 3.05) is 11.9 Å². The smallest absolute Gasteiger partial charge is 0.356 e. The maximum absolute atomic E-state index is 10.7. The molecule has 1 rings (SSSR count). The Morgan fingerprint density at radius 1 is 1.69 bits per heavy atom. The third-order valence-electron chi connectivity index (χ3n) is 2.25.